The molecule has 6 nitrogen and oxygen atoms in total. The molecule has 1 aliphatic rings. The van der Waals surface area contributed by atoms with Crippen molar-refractivity contribution in [1.29, 1.82) is 0 Å². The molecule has 1 aliphatic heterocycles. The molecule has 0 aliphatic carbocycles. The third kappa shape index (κ3) is 3.01. The van der Waals surface area contributed by atoms with Crippen LogP contribution >= 0.6 is 0 Å². The van der Waals surface area contributed by atoms with Gasteiger partial charge < -0.3 is 0 Å². The number of rotatable bonds is 4. The van der Waals surface area contributed by atoms with E-state index in [1.165, 1.54) is 13.0 Å². The molecule has 0 radical (unpaired) electrons. The van der Waals surface area contributed by atoms with Crippen LogP contribution in [0.4, 0.5) is 0 Å². The van der Waals surface area contributed by atoms with Crippen LogP contribution < -0.4 is 0 Å². The number of ketones is 1. The zero-order chi connectivity index (χ0) is 17.3. The van der Waals surface area contributed by atoms with Gasteiger partial charge in [-0.3, -0.25) is 9.48 Å². The molecule has 3 rings (SSSR count). The maximum absolute atomic E-state index is 13.2. The largest absolute Gasteiger partial charge is 0.295 e. The van der Waals surface area contributed by atoms with Crippen LogP contribution in [0.3, 0.4) is 0 Å². The van der Waals surface area contributed by atoms with Gasteiger partial charge in [-0.15, -0.1) is 0 Å². The van der Waals surface area contributed by atoms with E-state index in [1.54, 1.807) is 33.4 Å². The summed E-state index contributed by atoms with van der Waals surface area (Å²) in [5, 5.41) is 4.17. The number of carbonyl (C=O) groups excluding carboxylic acids is 1. The van der Waals surface area contributed by atoms with Crippen molar-refractivity contribution < 1.29 is 13.2 Å². The Kier molecular flexibility index (Phi) is 4.56. The number of nitrogens with zero attached hydrogens (tertiary/aromatic N) is 3. The molecule has 0 spiro atoms. The molecule has 2 aromatic rings. The molecule has 1 aromatic heterocycles. The molecule has 128 valence electrons. The molecule has 0 amide bonds. The standard InChI is InChI=1S/C17H21N3O3S/c1-13(21)14-6-5-7-15(12-14)24(22,23)20-11-4-3-8-17(20)16-9-10-18-19(16)2/h5-7,9-10,12,17H,3-4,8,11H2,1-2H3/t17-/m0/s1. The van der Waals surface area contributed by atoms with E-state index in [1.807, 2.05) is 13.1 Å². The molecule has 0 saturated carbocycles. The molecule has 0 unspecified atom stereocenters. The summed E-state index contributed by atoms with van der Waals surface area (Å²) in [4.78, 5) is 11.7. The molecule has 0 bridgehead atoms. The second kappa shape index (κ2) is 6.49. The predicted octanol–water partition coefficient (Wildman–Crippen LogP) is 2.54. The molecule has 2 heterocycles. The summed E-state index contributed by atoms with van der Waals surface area (Å²) in [6.07, 6.45) is 4.27. The SMILES string of the molecule is CC(=O)c1cccc(S(=O)(=O)N2CCCC[C@H]2c2ccnn2C)c1. The predicted molar refractivity (Wildman–Crippen MR) is 90.1 cm³/mol. The lowest BCUT2D eigenvalue weighted by atomic mass is 10.0. The Labute approximate surface area is 142 Å². The number of benzene rings is 1. The second-order valence-electron chi connectivity index (χ2n) is 6.09. The average molecular weight is 347 g/mol. The molecular formula is C17H21N3O3S. The Bertz CT molecular complexity index is 857. The van der Waals surface area contributed by atoms with E-state index in [4.69, 9.17) is 0 Å². The number of piperidine rings is 1. The average Bonchev–Trinajstić information content (AvgIpc) is 3.01. The minimum absolute atomic E-state index is 0.145. The Hall–Kier alpha value is -1.99. The minimum Gasteiger partial charge on any atom is -0.295 e. The minimum atomic E-state index is -3.67. The van der Waals surface area contributed by atoms with E-state index < -0.39 is 10.0 Å². The monoisotopic (exact) mass is 347 g/mol. The van der Waals surface area contributed by atoms with E-state index in [0.29, 0.717) is 12.1 Å². The first-order valence-corrected chi connectivity index (χ1v) is 9.46. The van der Waals surface area contributed by atoms with Gasteiger partial charge in [-0.25, -0.2) is 8.42 Å². The van der Waals surface area contributed by atoms with Crippen LogP contribution in [0.15, 0.2) is 41.4 Å². The number of Topliss-reactive ketones (excluding diaryl/α,β-unsaturated/α-hetero) is 1. The van der Waals surface area contributed by atoms with Crippen LogP contribution in [-0.4, -0.2) is 34.8 Å². The van der Waals surface area contributed by atoms with E-state index in [0.717, 1.165) is 25.0 Å². The fraction of sp³-hybridized carbons (Fsp3) is 0.412. The van der Waals surface area contributed by atoms with Crippen LogP contribution in [-0.2, 0) is 17.1 Å². The van der Waals surface area contributed by atoms with Gasteiger partial charge in [0.1, 0.15) is 0 Å². The van der Waals surface area contributed by atoms with Gasteiger partial charge in [0, 0.05) is 25.4 Å². The highest BCUT2D eigenvalue weighted by Crippen LogP contribution is 2.35. The summed E-state index contributed by atoms with van der Waals surface area (Å²) in [7, 11) is -1.85. The summed E-state index contributed by atoms with van der Waals surface area (Å²) >= 11 is 0. The van der Waals surface area contributed by atoms with Gasteiger partial charge in [-0.2, -0.15) is 9.40 Å². The number of carbonyl (C=O) groups is 1. The molecule has 1 aromatic carbocycles. The van der Waals surface area contributed by atoms with Crippen molar-refractivity contribution in [2.24, 2.45) is 7.05 Å². The lowest BCUT2D eigenvalue weighted by Crippen LogP contribution is -2.39. The van der Waals surface area contributed by atoms with Crippen molar-refractivity contribution in [3.8, 4) is 0 Å². The molecule has 1 fully saturated rings. The number of sulfonamides is 1. The van der Waals surface area contributed by atoms with Gasteiger partial charge in [0.2, 0.25) is 10.0 Å². The highest BCUT2D eigenvalue weighted by molar-refractivity contribution is 7.89. The zero-order valence-corrected chi connectivity index (χ0v) is 14.7. The Morgan fingerprint density at radius 3 is 2.71 bits per heavy atom. The van der Waals surface area contributed by atoms with E-state index >= 15 is 0 Å². The lowest BCUT2D eigenvalue weighted by Gasteiger charge is -2.34. The molecule has 7 heteroatoms. The molecule has 24 heavy (non-hydrogen) atoms. The lowest BCUT2D eigenvalue weighted by molar-refractivity contribution is 0.101. The highest BCUT2D eigenvalue weighted by atomic mass is 32.2. The third-order valence-electron chi connectivity index (χ3n) is 4.50. The normalized spacial score (nSPS) is 19.3. The van der Waals surface area contributed by atoms with Crippen molar-refractivity contribution >= 4 is 15.8 Å². The van der Waals surface area contributed by atoms with Crippen LogP contribution in [0.25, 0.3) is 0 Å². The van der Waals surface area contributed by atoms with Crippen LogP contribution in [0.1, 0.15) is 48.3 Å². The van der Waals surface area contributed by atoms with Crippen molar-refractivity contribution in [3.63, 3.8) is 0 Å². The summed E-state index contributed by atoms with van der Waals surface area (Å²) in [5.74, 6) is -0.145. The number of aromatic nitrogens is 2. The van der Waals surface area contributed by atoms with Crippen molar-refractivity contribution in [3.05, 3.63) is 47.8 Å². The van der Waals surface area contributed by atoms with Gasteiger partial charge in [0.15, 0.2) is 5.78 Å². The maximum atomic E-state index is 13.2. The van der Waals surface area contributed by atoms with E-state index in [2.05, 4.69) is 5.10 Å². The topological polar surface area (TPSA) is 72.3 Å². The highest BCUT2D eigenvalue weighted by Gasteiger charge is 2.35. The Morgan fingerprint density at radius 1 is 1.25 bits per heavy atom. The fourth-order valence-corrected chi connectivity index (χ4v) is 4.93. The zero-order valence-electron chi connectivity index (χ0n) is 13.8. The summed E-state index contributed by atoms with van der Waals surface area (Å²) in [6, 6.07) is 7.91. The smallest absolute Gasteiger partial charge is 0.243 e. The van der Waals surface area contributed by atoms with Gasteiger partial charge in [0.25, 0.3) is 0 Å². The van der Waals surface area contributed by atoms with Gasteiger partial charge in [-0.1, -0.05) is 18.6 Å². The van der Waals surface area contributed by atoms with Crippen molar-refractivity contribution in [2.75, 3.05) is 6.54 Å². The third-order valence-corrected chi connectivity index (χ3v) is 6.41. The summed E-state index contributed by atoms with van der Waals surface area (Å²) < 4.78 is 29.6. The van der Waals surface area contributed by atoms with Gasteiger partial charge >= 0.3 is 0 Å². The van der Waals surface area contributed by atoms with Crippen LogP contribution in [0, 0.1) is 0 Å². The number of hydrogen-bond acceptors (Lipinski definition) is 4. The fourth-order valence-electron chi connectivity index (χ4n) is 3.21. The van der Waals surface area contributed by atoms with E-state index in [-0.39, 0.29) is 16.7 Å². The van der Waals surface area contributed by atoms with Crippen molar-refractivity contribution in [1.82, 2.24) is 14.1 Å². The number of hydrogen-bond donors (Lipinski definition) is 0. The molecule has 1 atom stereocenters. The molecule has 0 N–H and O–H groups in total. The molecule has 1 saturated heterocycles. The maximum Gasteiger partial charge on any atom is 0.243 e. The summed E-state index contributed by atoms with van der Waals surface area (Å²) in [6.45, 7) is 1.91. The summed E-state index contributed by atoms with van der Waals surface area (Å²) in [5.41, 5.74) is 1.30. The first kappa shape index (κ1) is 16.9. The second-order valence-corrected chi connectivity index (χ2v) is 7.98. The quantitative estimate of drug-likeness (QED) is 0.797. The van der Waals surface area contributed by atoms with Gasteiger partial charge in [-0.05, 0) is 38.0 Å². The molecular weight excluding hydrogens is 326 g/mol. The first-order valence-electron chi connectivity index (χ1n) is 8.02. The van der Waals surface area contributed by atoms with Gasteiger partial charge in [0.05, 0.1) is 16.6 Å². The van der Waals surface area contributed by atoms with Crippen molar-refractivity contribution in [2.45, 2.75) is 37.1 Å². The van der Waals surface area contributed by atoms with Crippen LogP contribution in [0.5, 0.6) is 0 Å². The van der Waals surface area contributed by atoms with E-state index in [9.17, 15) is 13.2 Å². The number of aryl methyl sites for hydroxylation is 1. The Morgan fingerprint density at radius 2 is 2.04 bits per heavy atom. The van der Waals surface area contributed by atoms with Crippen LogP contribution in [0.2, 0.25) is 0 Å². The first-order chi connectivity index (χ1) is 11.4. The Balaban J connectivity index is 2.02.